The maximum Gasteiger partial charge on any atom is 0.335 e. The first-order valence-electron chi connectivity index (χ1n) is 6.66. The SMILES string of the molecule is COCC(C)C(=O)NCCc1ccc(C(=O)O)cc1OC. The summed E-state index contributed by atoms with van der Waals surface area (Å²) in [6.45, 7) is 2.62. The molecule has 0 aliphatic rings. The van der Waals surface area contributed by atoms with Crippen LogP contribution in [0, 0.1) is 5.92 Å². The zero-order valence-corrected chi connectivity index (χ0v) is 12.5. The third-order valence-electron chi connectivity index (χ3n) is 3.09. The summed E-state index contributed by atoms with van der Waals surface area (Å²) in [5, 5.41) is 11.7. The number of carboxylic acids is 1. The van der Waals surface area contributed by atoms with Crippen molar-refractivity contribution in [1.82, 2.24) is 5.32 Å². The van der Waals surface area contributed by atoms with Crippen LogP contribution in [0.1, 0.15) is 22.8 Å². The van der Waals surface area contributed by atoms with E-state index in [0.29, 0.717) is 25.3 Å². The summed E-state index contributed by atoms with van der Waals surface area (Å²) in [6.07, 6.45) is 0.564. The molecule has 116 valence electrons. The number of carboxylic acid groups (broad SMARTS) is 1. The molecule has 1 amide bonds. The fourth-order valence-corrected chi connectivity index (χ4v) is 1.90. The Balaban J connectivity index is 2.59. The van der Waals surface area contributed by atoms with Crippen molar-refractivity contribution in [2.45, 2.75) is 13.3 Å². The number of ether oxygens (including phenoxy) is 2. The number of hydrogen-bond donors (Lipinski definition) is 2. The molecule has 1 unspecified atom stereocenters. The standard InChI is InChI=1S/C15H21NO5/c1-10(9-20-2)14(17)16-7-6-11-4-5-12(15(18)19)8-13(11)21-3/h4-5,8,10H,6-7,9H2,1-3H3,(H,16,17)(H,18,19). The van der Waals surface area contributed by atoms with Crippen LogP contribution in [0.5, 0.6) is 5.75 Å². The van der Waals surface area contributed by atoms with Crippen LogP contribution < -0.4 is 10.1 Å². The molecule has 6 heteroatoms. The minimum Gasteiger partial charge on any atom is -0.496 e. The van der Waals surface area contributed by atoms with E-state index < -0.39 is 5.97 Å². The second kappa shape index (κ2) is 8.26. The summed E-state index contributed by atoms with van der Waals surface area (Å²) in [7, 11) is 3.04. The molecular weight excluding hydrogens is 274 g/mol. The predicted octanol–water partition coefficient (Wildman–Crippen LogP) is 1.33. The van der Waals surface area contributed by atoms with Crippen LogP contribution in [0.3, 0.4) is 0 Å². The van der Waals surface area contributed by atoms with Crippen LogP contribution in [-0.4, -0.2) is 44.4 Å². The topological polar surface area (TPSA) is 84.9 Å². The highest BCUT2D eigenvalue weighted by atomic mass is 16.5. The number of carbonyl (C=O) groups is 2. The highest BCUT2D eigenvalue weighted by Gasteiger charge is 2.13. The molecule has 0 bridgehead atoms. The van der Waals surface area contributed by atoms with Crippen molar-refractivity contribution in [2.75, 3.05) is 27.4 Å². The van der Waals surface area contributed by atoms with Crippen LogP contribution in [0.15, 0.2) is 18.2 Å². The fraction of sp³-hybridized carbons (Fsp3) is 0.467. The smallest absolute Gasteiger partial charge is 0.335 e. The van der Waals surface area contributed by atoms with Gasteiger partial charge in [0, 0.05) is 13.7 Å². The molecule has 2 N–H and O–H groups in total. The van der Waals surface area contributed by atoms with Gasteiger partial charge in [0.2, 0.25) is 5.91 Å². The molecule has 0 saturated carbocycles. The van der Waals surface area contributed by atoms with Crippen molar-refractivity contribution in [3.63, 3.8) is 0 Å². The highest BCUT2D eigenvalue weighted by Crippen LogP contribution is 2.20. The second-order valence-electron chi connectivity index (χ2n) is 4.73. The number of aromatic carboxylic acids is 1. The van der Waals surface area contributed by atoms with Crippen LogP contribution >= 0.6 is 0 Å². The first kappa shape index (κ1) is 17.0. The summed E-state index contributed by atoms with van der Waals surface area (Å²) < 4.78 is 10.1. The van der Waals surface area contributed by atoms with E-state index in [1.807, 2.05) is 0 Å². The van der Waals surface area contributed by atoms with Gasteiger partial charge in [-0.15, -0.1) is 0 Å². The molecule has 0 fully saturated rings. The van der Waals surface area contributed by atoms with Crippen molar-refractivity contribution in [3.05, 3.63) is 29.3 Å². The molecule has 0 aromatic heterocycles. The molecule has 6 nitrogen and oxygen atoms in total. The number of methoxy groups -OCH3 is 2. The number of benzene rings is 1. The van der Waals surface area contributed by atoms with Gasteiger partial charge in [0.05, 0.1) is 25.2 Å². The van der Waals surface area contributed by atoms with Crippen molar-refractivity contribution < 1.29 is 24.2 Å². The summed E-state index contributed by atoms with van der Waals surface area (Å²) in [5.74, 6) is -0.764. The molecule has 1 aromatic carbocycles. The number of rotatable bonds is 8. The van der Waals surface area contributed by atoms with E-state index in [2.05, 4.69) is 5.32 Å². The van der Waals surface area contributed by atoms with Crippen LogP contribution in [-0.2, 0) is 16.0 Å². The van der Waals surface area contributed by atoms with E-state index in [9.17, 15) is 9.59 Å². The lowest BCUT2D eigenvalue weighted by Crippen LogP contribution is -2.32. The predicted molar refractivity (Wildman–Crippen MR) is 77.7 cm³/mol. The lowest BCUT2D eigenvalue weighted by molar-refractivity contribution is -0.125. The van der Waals surface area contributed by atoms with Gasteiger partial charge in [0.15, 0.2) is 0 Å². The van der Waals surface area contributed by atoms with Gasteiger partial charge in [-0.2, -0.15) is 0 Å². The van der Waals surface area contributed by atoms with E-state index in [-0.39, 0.29) is 17.4 Å². The highest BCUT2D eigenvalue weighted by molar-refractivity contribution is 5.88. The Kier molecular flexibility index (Phi) is 6.68. The molecule has 0 saturated heterocycles. The van der Waals surface area contributed by atoms with Crippen molar-refractivity contribution in [1.29, 1.82) is 0 Å². The molecule has 0 heterocycles. The van der Waals surface area contributed by atoms with Gasteiger partial charge in [-0.05, 0) is 24.1 Å². The van der Waals surface area contributed by atoms with Crippen molar-refractivity contribution in [2.24, 2.45) is 5.92 Å². The van der Waals surface area contributed by atoms with Gasteiger partial charge >= 0.3 is 5.97 Å². The summed E-state index contributed by atoms with van der Waals surface area (Å²) in [6, 6.07) is 4.70. The number of hydrogen-bond acceptors (Lipinski definition) is 4. The molecule has 0 aliphatic carbocycles. The van der Waals surface area contributed by atoms with E-state index in [4.69, 9.17) is 14.6 Å². The minimum absolute atomic E-state index is 0.0713. The van der Waals surface area contributed by atoms with Crippen molar-refractivity contribution in [3.8, 4) is 5.75 Å². The molecule has 1 atom stereocenters. The average molecular weight is 295 g/mol. The summed E-state index contributed by atoms with van der Waals surface area (Å²) in [5.41, 5.74) is 1.02. The van der Waals surface area contributed by atoms with Gasteiger partial charge in [-0.25, -0.2) is 4.79 Å². The first-order valence-corrected chi connectivity index (χ1v) is 6.66. The van der Waals surface area contributed by atoms with Gasteiger partial charge in [0.25, 0.3) is 0 Å². The van der Waals surface area contributed by atoms with Crippen molar-refractivity contribution >= 4 is 11.9 Å². The average Bonchev–Trinajstić information content (AvgIpc) is 2.47. The number of nitrogens with one attached hydrogen (secondary N) is 1. The van der Waals surface area contributed by atoms with E-state index >= 15 is 0 Å². The summed E-state index contributed by atoms with van der Waals surface area (Å²) >= 11 is 0. The molecule has 1 rings (SSSR count). The molecule has 0 spiro atoms. The van der Waals surface area contributed by atoms with Crippen LogP contribution in [0.4, 0.5) is 0 Å². The Morgan fingerprint density at radius 2 is 2.05 bits per heavy atom. The molecule has 0 aliphatic heterocycles. The number of amides is 1. The van der Waals surface area contributed by atoms with Gasteiger partial charge in [-0.1, -0.05) is 13.0 Å². The second-order valence-corrected chi connectivity index (χ2v) is 4.73. The third-order valence-corrected chi connectivity index (χ3v) is 3.09. The molecule has 0 radical (unpaired) electrons. The maximum atomic E-state index is 11.7. The van der Waals surface area contributed by atoms with Crippen LogP contribution in [0.25, 0.3) is 0 Å². The number of carbonyl (C=O) groups excluding carboxylic acids is 1. The Labute approximate surface area is 124 Å². The Morgan fingerprint density at radius 1 is 1.33 bits per heavy atom. The molecule has 1 aromatic rings. The Morgan fingerprint density at radius 3 is 2.62 bits per heavy atom. The molecule has 21 heavy (non-hydrogen) atoms. The maximum absolute atomic E-state index is 11.7. The Hall–Kier alpha value is -2.08. The van der Waals surface area contributed by atoms with Gasteiger partial charge in [0.1, 0.15) is 5.75 Å². The lowest BCUT2D eigenvalue weighted by Gasteiger charge is -2.13. The van der Waals surface area contributed by atoms with Gasteiger partial charge in [-0.3, -0.25) is 4.79 Å². The minimum atomic E-state index is -0.999. The normalized spacial score (nSPS) is 11.8. The zero-order chi connectivity index (χ0) is 15.8. The van der Waals surface area contributed by atoms with E-state index in [1.54, 1.807) is 20.1 Å². The third kappa shape index (κ3) is 5.07. The molecular formula is C15H21NO5. The van der Waals surface area contributed by atoms with E-state index in [0.717, 1.165) is 5.56 Å². The van der Waals surface area contributed by atoms with Gasteiger partial charge < -0.3 is 19.9 Å². The quantitative estimate of drug-likeness (QED) is 0.756. The Bertz CT molecular complexity index is 501. The lowest BCUT2D eigenvalue weighted by atomic mass is 10.1. The zero-order valence-electron chi connectivity index (χ0n) is 12.5. The fourth-order valence-electron chi connectivity index (χ4n) is 1.90. The monoisotopic (exact) mass is 295 g/mol. The summed E-state index contributed by atoms with van der Waals surface area (Å²) in [4.78, 5) is 22.6. The van der Waals surface area contributed by atoms with Crippen LogP contribution in [0.2, 0.25) is 0 Å². The first-order chi connectivity index (χ1) is 9.99. The largest absolute Gasteiger partial charge is 0.496 e. The van der Waals surface area contributed by atoms with E-state index in [1.165, 1.54) is 19.2 Å².